The molecule has 4 nitrogen and oxygen atoms in total. The molecule has 0 atom stereocenters. The lowest BCUT2D eigenvalue weighted by Gasteiger charge is -2.28. The van der Waals surface area contributed by atoms with E-state index in [1.54, 1.807) is 11.9 Å². The molecule has 0 radical (unpaired) electrons. The summed E-state index contributed by atoms with van der Waals surface area (Å²) in [5, 5.41) is 3.01. The van der Waals surface area contributed by atoms with E-state index in [0.717, 1.165) is 12.5 Å². The van der Waals surface area contributed by atoms with Crippen LogP contribution in [0, 0.1) is 5.92 Å². The number of likely N-dealkylation sites (N-methyl/N-ethyl adjacent to an activating group) is 2. The zero-order valence-electron chi connectivity index (χ0n) is 10.9. The number of amides is 1. The van der Waals surface area contributed by atoms with Crippen LogP contribution in [-0.2, 0) is 9.53 Å². The summed E-state index contributed by atoms with van der Waals surface area (Å²) in [5.74, 6) is 0.889. The van der Waals surface area contributed by atoms with Gasteiger partial charge < -0.3 is 15.0 Å². The third kappa shape index (κ3) is 4.10. The van der Waals surface area contributed by atoms with Crippen LogP contribution in [-0.4, -0.2) is 50.2 Å². The van der Waals surface area contributed by atoms with E-state index in [0.29, 0.717) is 13.2 Å². The van der Waals surface area contributed by atoms with Crippen molar-refractivity contribution in [1.82, 2.24) is 10.2 Å². The molecule has 94 valence electrons. The quantitative estimate of drug-likeness (QED) is 0.657. The molecule has 0 aromatic carbocycles. The minimum atomic E-state index is -0.495. The predicted molar refractivity (Wildman–Crippen MR) is 64.3 cm³/mol. The van der Waals surface area contributed by atoms with E-state index >= 15 is 0 Å². The van der Waals surface area contributed by atoms with Gasteiger partial charge in [0.2, 0.25) is 5.91 Å². The molecule has 1 aliphatic rings. The second-order valence-electron chi connectivity index (χ2n) is 5.12. The van der Waals surface area contributed by atoms with Crippen molar-refractivity contribution < 1.29 is 9.53 Å². The summed E-state index contributed by atoms with van der Waals surface area (Å²) in [6.07, 6.45) is 2.61. The Kier molecular flexibility index (Phi) is 4.74. The van der Waals surface area contributed by atoms with Crippen molar-refractivity contribution in [2.24, 2.45) is 5.92 Å². The molecule has 1 N–H and O–H groups in total. The molecule has 4 heteroatoms. The first-order valence-corrected chi connectivity index (χ1v) is 5.99. The zero-order valence-corrected chi connectivity index (χ0v) is 10.9. The van der Waals surface area contributed by atoms with Crippen LogP contribution >= 0.6 is 0 Å². The third-order valence-corrected chi connectivity index (χ3v) is 3.13. The molecular weight excluding hydrogens is 204 g/mol. The molecule has 1 fully saturated rings. The normalized spacial score (nSPS) is 16.2. The number of hydrogen-bond acceptors (Lipinski definition) is 3. The Bertz CT molecular complexity index is 237. The molecule has 0 bridgehead atoms. The SMILES string of the molecule is CNC(C)(C)C(=O)N(C)CCOCC1CC1. The van der Waals surface area contributed by atoms with Crippen molar-refractivity contribution in [3.63, 3.8) is 0 Å². The molecule has 0 aromatic rings. The predicted octanol–water partition coefficient (Wildman–Crippen LogP) is 0.869. The first-order valence-electron chi connectivity index (χ1n) is 5.99. The average Bonchev–Trinajstić information content (AvgIpc) is 3.06. The van der Waals surface area contributed by atoms with Gasteiger partial charge in [0.1, 0.15) is 0 Å². The average molecular weight is 228 g/mol. The molecule has 1 saturated carbocycles. The smallest absolute Gasteiger partial charge is 0.242 e. The van der Waals surface area contributed by atoms with Crippen molar-refractivity contribution in [3.05, 3.63) is 0 Å². The molecule has 1 amide bonds. The summed E-state index contributed by atoms with van der Waals surface area (Å²) in [6.45, 7) is 5.93. The van der Waals surface area contributed by atoms with Crippen LogP contribution in [0.15, 0.2) is 0 Å². The highest BCUT2D eigenvalue weighted by Crippen LogP contribution is 2.28. The Morgan fingerprint density at radius 1 is 1.50 bits per heavy atom. The minimum Gasteiger partial charge on any atom is -0.379 e. The second-order valence-corrected chi connectivity index (χ2v) is 5.12. The van der Waals surface area contributed by atoms with Crippen LogP contribution in [0.1, 0.15) is 26.7 Å². The van der Waals surface area contributed by atoms with Crippen molar-refractivity contribution in [2.75, 3.05) is 33.9 Å². The van der Waals surface area contributed by atoms with E-state index in [1.165, 1.54) is 12.8 Å². The summed E-state index contributed by atoms with van der Waals surface area (Å²) in [7, 11) is 3.62. The van der Waals surface area contributed by atoms with Gasteiger partial charge in [0.15, 0.2) is 0 Å². The van der Waals surface area contributed by atoms with Gasteiger partial charge in [-0.15, -0.1) is 0 Å². The number of ether oxygens (including phenoxy) is 1. The zero-order chi connectivity index (χ0) is 12.2. The summed E-state index contributed by atoms with van der Waals surface area (Å²) in [6, 6.07) is 0. The molecule has 1 rings (SSSR count). The largest absolute Gasteiger partial charge is 0.379 e. The van der Waals surface area contributed by atoms with Gasteiger partial charge in [-0.2, -0.15) is 0 Å². The number of nitrogens with zero attached hydrogens (tertiary/aromatic N) is 1. The lowest BCUT2D eigenvalue weighted by Crippen LogP contribution is -2.52. The number of nitrogens with one attached hydrogen (secondary N) is 1. The number of rotatable bonds is 7. The maximum atomic E-state index is 11.9. The third-order valence-electron chi connectivity index (χ3n) is 3.13. The fourth-order valence-electron chi connectivity index (χ4n) is 1.42. The van der Waals surface area contributed by atoms with Gasteiger partial charge in [0, 0.05) is 20.2 Å². The van der Waals surface area contributed by atoms with Gasteiger partial charge >= 0.3 is 0 Å². The highest BCUT2D eigenvalue weighted by molar-refractivity contribution is 5.85. The Balaban J connectivity index is 2.17. The summed E-state index contributed by atoms with van der Waals surface area (Å²) >= 11 is 0. The highest BCUT2D eigenvalue weighted by Gasteiger charge is 2.28. The van der Waals surface area contributed by atoms with Crippen LogP contribution < -0.4 is 5.32 Å². The van der Waals surface area contributed by atoms with Crippen LogP contribution in [0.4, 0.5) is 0 Å². The molecule has 16 heavy (non-hydrogen) atoms. The van der Waals surface area contributed by atoms with Gasteiger partial charge in [-0.25, -0.2) is 0 Å². The Morgan fingerprint density at radius 3 is 2.62 bits per heavy atom. The van der Waals surface area contributed by atoms with E-state index < -0.39 is 5.54 Å². The van der Waals surface area contributed by atoms with E-state index in [1.807, 2.05) is 20.9 Å². The lowest BCUT2D eigenvalue weighted by atomic mass is 10.0. The molecule has 1 aliphatic carbocycles. The molecule has 0 saturated heterocycles. The second kappa shape index (κ2) is 5.64. The first kappa shape index (κ1) is 13.5. The molecule has 0 unspecified atom stereocenters. The van der Waals surface area contributed by atoms with Gasteiger partial charge in [0.05, 0.1) is 12.1 Å². The highest BCUT2D eigenvalue weighted by atomic mass is 16.5. The van der Waals surface area contributed by atoms with Crippen LogP contribution in [0.2, 0.25) is 0 Å². The molecule has 0 spiro atoms. The van der Waals surface area contributed by atoms with Gasteiger partial charge in [-0.3, -0.25) is 4.79 Å². The van der Waals surface area contributed by atoms with E-state index in [4.69, 9.17) is 4.74 Å². The van der Waals surface area contributed by atoms with Crippen molar-refractivity contribution in [2.45, 2.75) is 32.2 Å². The van der Waals surface area contributed by atoms with Crippen molar-refractivity contribution >= 4 is 5.91 Å². The molecule has 0 aromatic heterocycles. The van der Waals surface area contributed by atoms with Crippen LogP contribution in [0.5, 0.6) is 0 Å². The summed E-state index contributed by atoms with van der Waals surface area (Å²) in [4.78, 5) is 13.7. The van der Waals surface area contributed by atoms with Crippen LogP contribution in [0.3, 0.4) is 0 Å². The van der Waals surface area contributed by atoms with Crippen LogP contribution in [0.25, 0.3) is 0 Å². The van der Waals surface area contributed by atoms with E-state index in [2.05, 4.69) is 5.32 Å². The monoisotopic (exact) mass is 228 g/mol. The fraction of sp³-hybridized carbons (Fsp3) is 0.917. The number of carbonyl (C=O) groups excluding carboxylic acids is 1. The lowest BCUT2D eigenvalue weighted by molar-refractivity contribution is -0.136. The van der Waals surface area contributed by atoms with Crippen molar-refractivity contribution in [3.8, 4) is 0 Å². The van der Waals surface area contributed by atoms with E-state index in [-0.39, 0.29) is 5.91 Å². The Hall–Kier alpha value is -0.610. The van der Waals surface area contributed by atoms with E-state index in [9.17, 15) is 4.79 Å². The molecule has 0 aliphatic heterocycles. The fourth-order valence-corrected chi connectivity index (χ4v) is 1.42. The topological polar surface area (TPSA) is 41.6 Å². The number of carbonyl (C=O) groups is 1. The number of hydrogen-bond donors (Lipinski definition) is 1. The van der Waals surface area contributed by atoms with Gasteiger partial charge in [-0.05, 0) is 39.7 Å². The maximum Gasteiger partial charge on any atom is 0.242 e. The molecule has 0 heterocycles. The summed E-state index contributed by atoms with van der Waals surface area (Å²) < 4.78 is 5.51. The van der Waals surface area contributed by atoms with Gasteiger partial charge in [0.25, 0.3) is 0 Å². The van der Waals surface area contributed by atoms with Crippen molar-refractivity contribution in [1.29, 1.82) is 0 Å². The maximum absolute atomic E-state index is 11.9. The standard InChI is InChI=1S/C12H24N2O2/c1-12(2,13-3)11(15)14(4)7-8-16-9-10-5-6-10/h10,13H,5-9H2,1-4H3. The Labute approximate surface area is 98.3 Å². The Morgan fingerprint density at radius 2 is 2.12 bits per heavy atom. The summed E-state index contributed by atoms with van der Waals surface area (Å²) in [5.41, 5.74) is -0.495. The minimum absolute atomic E-state index is 0.102. The first-order chi connectivity index (χ1) is 7.47. The molecular formula is C12H24N2O2. The van der Waals surface area contributed by atoms with Gasteiger partial charge in [-0.1, -0.05) is 0 Å².